The molecule has 0 aliphatic rings. The number of anilines is 1. The van der Waals surface area contributed by atoms with Crippen LogP contribution < -0.4 is 15.4 Å². The van der Waals surface area contributed by atoms with Crippen LogP contribution in [0, 0.1) is 0 Å². The minimum Gasteiger partial charge on any atom is -0.493 e. The van der Waals surface area contributed by atoms with Crippen LogP contribution in [0.1, 0.15) is 20.3 Å². The topological polar surface area (TPSA) is 50.4 Å². The summed E-state index contributed by atoms with van der Waals surface area (Å²) in [5, 5.41) is 5.96. The molecule has 0 fully saturated rings. The molecule has 0 aliphatic carbocycles. The fourth-order valence-electron chi connectivity index (χ4n) is 1.43. The Morgan fingerprint density at radius 3 is 2.94 bits per heavy atom. The predicted molar refractivity (Wildman–Crippen MR) is 69.4 cm³/mol. The third-order valence-electron chi connectivity index (χ3n) is 2.17. The van der Waals surface area contributed by atoms with E-state index in [-0.39, 0.29) is 5.91 Å². The highest BCUT2D eigenvalue weighted by atomic mass is 16.5. The molecular formula is C13H20N2O2. The molecule has 4 heteroatoms. The van der Waals surface area contributed by atoms with E-state index >= 15 is 0 Å². The van der Waals surface area contributed by atoms with E-state index in [4.69, 9.17) is 4.74 Å². The van der Waals surface area contributed by atoms with Crippen molar-refractivity contribution in [2.75, 3.05) is 25.0 Å². The van der Waals surface area contributed by atoms with Crippen molar-refractivity contribution in [3.8, 4) is 5.75 Å². The maximum atomic E-state index is 10.9. The lowest BCUT2D eigenvalue weighted by molar-refractivity contribution is -0.114. The van der Waals surface area contributed by atoms with E-state index in [1.807, 2.05) is 24.3 Å². The van der Waals surface area contributed by atoms with Crippen molar-refractivity contribution in [3.05, 3.63) is 24.3 Å². The summed E-state index contributed by atoms with van der Waals surface area (Å²) in [6.45, 7) is 6.19. The van der Waals surface area contributed by atoms with Crippen LogP contribution in [0.5, 0.6) is 5.75 Å². The van der Waals surface area contributed by atoms with Crippen LogP contribution in [0.4, 0.5) is 5.69 Å². The molecular weight excluding hydrogens is 216 g/mol. The first kappa shape index (κ1) is 13.5. The van der Waals surface area contributed by atoms with Crippen molar-refractivity contribution in [3.63, 3.8) is 0 Å². The van der Waals surface area contributed by atoms with Gasteiger partial charge >= 0.3 is 0 Å². The third kappa shape index (κ3) is 5.92. The van der Waals surface area contributed by atoms with Gasteiger partial charge in [0.05, 0.1) is 6.61 Å². The number of nitrogens with one attached hydrogen (secondary N) is 2. The van der Waals surface area contributed by atoms with Crippen molar-refractivity contribution in [2.24, 2.45) is 0 Å². The lowest BCUT2D eigenvalue weighted by Gasteiger charge is -2.08. The molecule has 0 bridgehead atoms. The first-order valence-corrected chi connectivity index (χ1v) is 5.93. The quantitative estimate of drug-likeness (QED) is 0.712. The van der Waals surface area contributed by atoms with Gasteiger partial charge in [0.1, 0.15) is 5.75 Å². The summed E-state index contributed by atoms with van der Waals surface area (Å²) in [5.74, 6) is 0.710. The largest absolute Gasteiger partial charge is 0.493 e. The van der Waals surface area contributed by atoms with Crippen molar-refractivity contribution in [2.45, 2.75) is 20.3 Å². The maximum Gasteiger partial charge on any atom is 0.221 e. The van der Waals surface area contributed by atoms with Gasteiger partial charge in [-0.15, -0.1) is 0 Å². The molecule has 0 saturated heterocycles. The summed E-state index contributed by atoms with van der Waals surface area (Å²) in [6, 6.07) is 7.42. The molecule has 1 aromatic carbocycles. The van der Waals surface area contributed by atoms with Crippen LogP contribution in [-0.2, 0) is 4.79 Å². The number of carbonyl (C=O) groups excluding carboxylic acids is 1. The van der Waals surface area contributed by atoms with Crippen LogP contribution >= 0.6 is 0 Å². The van der Waals surface area contributed by atoms with Crippen LogP contribution in [0.15, 0.2) is 24.3 Å². The molecule has 0 radical (unpaired) electrons. The zero-order valence-electron chi connectivity index (χ0n) is 10.5. The molecule has 1 rings (SSSR count). The van der Waals surface area contributed by atoms with Crippen LogP contribution in [0.2, 0.25) is 0 Å². The summed E-state index contributed by atoms with van der Waals surface area (Å²) in [7, 11) is 0. The zero-order chi connectivity index (χ0) is 12.5. The van der Waals surface area contributed by atoms with Crippen LogP contribution in [0.3, 0.4) is 0 Å². The number of amides is 1. The van der Waals surface area contributed by atoms with E-state index in [0.717, 1.165) is 30.9 Å². The summed E-state index contributed by atoms with van der Waals surface area (Å²) >= 11 is 0. The Hall–Kier alpha value is -1.55. The fraction of sp³-hybridized carbons (Fsp3) is 0.462. The zero-order valence-corrected chi connectivity index (χ0v) is 10.5. The second-order valence-corrected chi connectivity index (χ2v) is 3.76. The molecule has 1 aromatic rings. The highest BCUT2D eigenvalue weighted by molar-refractivity contribution is 5.88. The molecule has 4 nitrogen and oxygen atoms in total. The number of hydrogen-bond acceptors (Lipinski definition) is 3. The van der Waals surface area contributed by atoms with E-state index < -0.39 is 0 Å². The summed E-state index contributed by atoms with van der Waals surface area (Å²) in [6.07, 6.45) is 0.970. The number of hydrogen-bond donors (Lipinski definition) is 2. The maximum absolute atomic E-state index is 10.9. The van der Waals surface area contributed by atoms with E-state index in [1.165, 1.54) is 6.92 Å². The summed E-state index contributed by atoms with van der Waals surface area (Å²) in [5.41, 5.74) is 0.765. The molecule has 0 heterocycles. The molecule has 2 N–H and O–H groups in total. The Morgan fingerprint density at radius 1 is 1.41 bits per heavy atom. The first-order valence-electron chi connectivity index (χ1n) is 5.93. The van der Waals surface area contributed by atoms with Crippen molar-refractivity contribution in [1.29, 1.82) is 0 Å². The van der Waals surface area contributed by atoms with E-state index in [2.05, 4.69) is 17.6 Å². The third-order valence-corrected chi connectivity index (χ3v) is 2.17. The van der Waals surface area contributed by atoms with E-state index in [0.29, 0.717) is 6.61 Å². The van der Waals surface area contributed by atoms with Crippen LogP contribution in [0.25, 0.3) is 0 Å². The molecule has 0 aliphatic heterocycles. The second kappa shape index (κ2) is 7.68. The summed E-state index contributed by atoms with van der Waals surface area (Å²) < 4.78 is 5.58. The summed E-state index contributed by atoms with van der Waals surface area (Å²) in [4.78, 5) is 10.9. The minimum absolute atomic E-state index is 0.0747. The van der Waals surface area contributed by atoms with E-state index in [9.17, 15) is 4.79 Å². The smallest absolute Gasteiger partial charge is 0.221 e. The van der Waals surface area contributed by atoms with Crippen LogP contribution in [-0.4, -0.2) is 25.6 Å². The van der Waals surface area contributed by atoms with Crippen molar-refractivity contribution in [1.82, 2.24) is 5.32 Å². The Bertz CT molecular complexity index is 353. The molecule has 1 amide bonds. The average molecular weight is 236 g/mol. The first-order chi connectivity index (χ1) is 8.22. The standard InChI is InChI=1S/C13H20N2O2/c1-3-14-8-5-9-17-13-7-4-6-12(10-13)15-11(2)16/h4,6-7,10,14H,3,5,8-9H2,1-2H3,(H,15,16). The Morgan fingerprint density at radius 2 is 2.24 bits per heavy atom. The normalized spacial score (nSPS) is 10.0. The van der Waals surface area contributed by atoms with Crippen molar-refractivity contribution >= 4 is 11.6 Å². The number of benzene rings is 1. The molecule has 0 aromatic heterocycles. The number of rotatable bonds is 7. The van der Waals surface area contributed by atoms with Gasteiger partial charge in [-0.3, -0.25) is 4.79 Å². The lowest BCUT2D eigenvalue weighted by atomic mass is 10.3. The van der Waals surface area contributed by atoms with Gasteiger partial charge in [-0.2, -0.15) is 0 Å². The SMILES string of the molecule is CCNCCCOc1cccc(NC(C)=O)c1. The monoisotopic (exact) mass is 236 g/mol. The Balaban J connectivity index is 2.35. The molecule has 0 saturated carbocycles. The molecule has 94 valence electrons. The predicted octanol–water partition coefficient (Wildman–Crippen LogP) is 2.02. The minimum atomic E-state index is -0.0747. The van der Waals surface area contributed by atoms with Gasteiger partial charge in [0.25, 0.3) is 0 Å². The van der Waals surface area contributed by atoms with Gasteiger partial charge in [0, 0.05) is 18.7 Å². The number of ether oxygens (including phenoxy) is 1. The molecule has 0 atom stereocenters. The van der Waals surface area contributed by atoms with Gasteiger partial charge in [-0.05, 0) is 31.6 Å². The van der Waals surface area contributed by atoms with Gasteiger partial charge < -0.3 is 15.4 Å². The fourth-order valence-corrected chi connectivity index (χ4v) is 1.43. The van der Waals surface area contributed by atoms with Gasteiger partial charge in [0.15, 0.2) is 0 Å². The Kier molecular flexibility index (Phi) is 6.10. The lowest BCUT2D eigenvalue weighted by Crippen LogP contribution is -2.16. The van der Waals surface area contributed by atoms with Gasteiger partial charge in [0.2, 0.25) is 5.91 Å². The van der Waals surface area contributed by atoms with E-state index in [1.54, 1.807) is 0 Å². The van der Waals surface area contributed by atoms with Crippen molar-refractivity contribution < 1.29 is 9.53 Å². The Labute approximate surface area is 102 Å². The number of carbonyl (C=O) groups is 1. The second-order valence-electron chi connectivity index (χ2n) is 3.76. The molecule has 17 heavy (non-hydrogen) atoms. The molecule has 0 spiro atoms. The van der Waals surface area contributed by atoms with Gasteiger partial charge in [-0.25, -0.2) is 0 Å². The average Bonchev–Trinajstić information content (AvgIpc) is 2.28. The highest BCUT2D eigenvalue weighted by Crippen LogP contribution is 2.17. The molecule has 0 unspecified atom stereocenters. The highest BCUT2D eigenvalue weighted by Gasteiger charge is 1.98. The van der Waals surface area contributed by atoms with Gasteiger partial charge in [-0.1, -0.05) is 13.0 Å².